The monoisotopic (exact) mass is 524 g/mol. The SMILES string of the molecule is Cc1cc(NCC2CCC(NC(=O)c3cc(C(F)(F)F)ccc3Cl)CC2)n(-c2ccc(Cl)cc2)n1. The van der Waals surface area contributed by atoms with Crippen molar-refractivity contribution in [3.05, 3.63) is 75.4 Å². The number of hydrogen-bond donors (Lipinski definition) is 2. The van der Waals surface area contributed by atoms with Crippen molar-refractivity contribution >= 4 is 34.9 Å². The summed E-state index contributed by atoms with van der Waals surface area (Å²) in [5.74, 6) is 0.707. The summed E-state index contributed by atoms with van der Waals surface area (Å²) >= 11 is 12.0. The van der Waals surface area contributed by atoms with E-state index in [0.29, 0.717) is 10.9 Å². The molecule has 35 heavy (non-hydrogen) atoms. The van der Waals surface area contributed by atoms with E-state index in [-0.39, 0.29) is 16.6 Å². The molecule has 5 nitrogen and oxygen atoms in total. The number of nitrogens with one attached hydrogen (secondary N) is 2. The first-order valence-electron chi connectivity index (χ1n) is 11.3. The van der Waals surface area contributed by atoms with E-state index in [1.807, 2.05) is 41.9 Å². The lowest BCUT2D eigenvalue weighted by molar-refractivity contribution is -0.137. The maximum Gasteiger partial charge on any atom is 0.416 e. The minimum Gasteiger partial charge on any atom is -0.370 e. The van der Waals surface area contributed by atoms with Crippen molar-refractivity contribution in [1.82, 2.24) is 15.1 Å². The number of rotatable bonds is 6. The molecule has 2 aromatic carbocycles. The van der Waals surface area contributed by atoms with E-state index in [0.717, 1.165) is 67.6 Å². The van der Waals surface area contributed by atoms with E-state index in [2.05, 4.69) is 15.7 Å². The van der Waals surface area contributed by atoms with Crippen molar-refractivity contribution in [3.8, 4) is 5.69 Å². The normalized spacial score (nSPS) is 18.3. The van der Waals surface area contributed by atoms with E-state index in [1.165, 1.54) is 0 Å². The minimum atomic E-state index is -4.54. The number of nitrogens with zero attached hydrogens (tertiary/aromatic N) is 2. The van der Waals surface area contributed by atoms with Gasteiger partial charge in [-0.05, 0) is 81.0 Å². The molecule has 1 heterocycles. The van der Waals surface area contributed by atoms with Gasteiger partial charge in [0.15, 0.2) is 0 Å². The zero-order chi connectivity index (χ0) is 25.2. The Bertz CT molecular complexity index is 1190. The van der Waals surface area contributed by atoms with Crippen molar-refractivity contribution in [2.45, 2.75) is 44.8 Å². The van der Waals surface area contributed by atoms with Gasteiger partial charge in [0, 0.05) is 23.7 Å². The highest BCUT2D eigenvalue weighted by Gasteiger charge is 2.32. The van der Waals surface area contributed by atoms with Crippen LogP contribution in [0.15, 0.2) is 48.5 Å². The van der Waals surface area contributed by atoms with E-state index in [1.54, 1.807) is 0 Å². The van der Waals surface area contributed by atoms with Crippen molar-refractivity contribution in [3.63, 3.8) is 0 Å². The third-order valence-corrected chi connectivity index (χ3v) is 6.78. The Labute approximate surface area is 211 Å². The van der Waals surface area contributed by atoms with Gasteiger partial charge in [0.05, 0.1) is 27.5 Å². The number of benzene rings is 2. The summed E-state index contributed by atoms with van der Waals surface area (Å²) in [5.41, 5.74) is 0.748. The van der Waals surface area contributed by atoms with Crippen molar-refractivity contribution < 1.29 is 18.0 Å². The number of amides is 1. The van der Waals surface area contributed by atoms with E-state index in [4.69, 9.17) is 23.2 Å². The first-order valence-corrected chi connectivity index (χ1v) is 12.1. The highest BCUT2D eigenvalue weighted by Crippen LogP contribution is 2.32. The van der Waals surface area contributed by atoms with Gasteiger partial charge in [-0.2, -0.15) is 18.3 Å². The number of alkyl halides is 3. The van der Waals surface area contributed by atoms with Gasteiger partial charge < -0.3 is 10.6 Å². The van der Waals surface area contributed by atoms with Gasteiger partial charge in [0.2, 0.25) is 0 Å². The number of carbonyl (C=O) groups is 1. The van der Waals surface area contributed by atoms with Crippen LogP contribution in [0.3, 0.4) is 0 Å². The fraction of sp³-hybridized carbons (Fsp3) is 0.360. The molecule has 1 aliphatic rings. The van der Waals surface area contributed by atoms with Gasteiger partial charge in [0.1, 0.15) is 5.82 Å². The van der Waals surface area contributed by atoms with Crippen molar-refractivity contribution in [2.24, 2.45) is 5.92 Å². The highest BCUT2D eigenvalue weighted by molar-refractivity contribution is 6.33. The second-order valence-corrected chi connectivity index (χ2v) is 9.67. The Kier molecular flexibility index (Phi) is 7.62. The predicted octanol–water partition coefficient (Wildman–Crippen LogP) is 6.91. The van der Waals surface area contributed by atoms with Crippen LogP contribution in [-0.4, -0.2) is 28.3 Å². The van der Waals surface area contributed by atoms with Crippen LogP contribution < -0.4 is 10.6 Å². The number of aromatic nitrogens is 2. The lowest BCUT2D eigenvalue weighted by atomic mass is 9.86. The highest BCUT2D eigenvalue weighted by atomic mass is 35.5. The fourth-order valence-electron chi connectivity index (χ4n) is 4.30. The largest absolute Gasteiger partial charge is 0.416 e. The lowest BCUT2D eigenvalue weighted by Gasteiger charge is -2.29. The Balaban J connectivity index is 1.31. The Morgan fingerprint density at radius 3 is 2.40 bits per heavy atom. The predicted molar refractivity (Wildman–Crippen MR) is 131 cm³/mol. The van der Waals surface area contributed by atoms with Crippen LogP contribution in [0.5, 0.6) is 0 Å². The van der Waals surface area contributed by atoms with Gasteiger partial charge in [-0.1, -0.05) is 23.2 Å². The Hall–Kier alpha value is -2.71. The van der Waals surface area contributed by atoms with Crippen LogP contribution in [0, 0.1) is 12.8 Å². The molecule has 0 unspecified atom stereocenters. The molecule has 1 aromatic heterocycles. The number of halogens is 5. The molecule has 0 saturated heterocycles. The van der Waals surface area contributed by atoms with Gasteiger partial charge in [0.25, 0.3) is 5.91 Å². The quantitative estimate of drug-likeness (QED) is 0.368. The topological polar surface area (TPSA) is 58.9 Å². The molecule has 0 aliphatic heterocycles. The van der Waals surface area contributed by atoms with Gasteiger partial charge in [-0.3, -0.25) is 4.79 Å². The minimum absolute atomic E-state index is 0.000906. The molecule has 4 rings (SSSR count). The molecule has 0 atom stereocenters. The molecule has 0 bridgehead atoms. The molecule has 1 amide bonds. The number of aryl methyl sites for hydroxylation is 1. The van der Waals surface area contributed by atoms with Crippen LogP contribution >= 0.6 is 23.2 Å². The van der Waals surface area contributed by atoms with Gasteiger partial charge >= 0.3 is 6.18 Å². The van der Waals surface area contributed by atoms with Crippen LogP contribution in [0.2, 0.25) is 10.0 Å². The van der Waals surface area contributed by atoms with Crippen LogP contribution in [0.1, 0.15) is 47.3 Å². The van der Waals surface area contributed by atoms with E-state index in [9.17, 15) is 18.0 Å². The number of carbonyl (C=O) groups excluding carboxylic acids is 1. The smallest absolute Gasteiger partial charge is 0.370 e. The third kappa shape index (κ3) is 6.30. The molecule has 0 radical (unpaired) electrons. The number of hydrogen-bond acceptors (Lipinski definition) is 3. The summed E-state index contributed by atoms with van der Waals surface area (Å²) in [4.78, 5) is 12.6. The molecular formula is C25H25Cl2F3N4O. The number of anilines is 1. The lowest BCUT2D eigenvalue weighted by Crippen LogP contribution is -2.38. The summed E-state index contributed by atoms with van der Waals surface area (Å²) in [6, 6.07) is 12.1. The molecule has 1 saturated carbocycles. The second-order valence-electron chi connectivity index (χ2n) is 8.82. The molecule has 2 N–H and O–H groups in total. The van der Waals surface area contributed by atoms with E-state index < -0.39 is 17.6 Å². The van der Waals surface area contributed by atoms with Crippen molar-refractivity contribution in [2.75, 3.05) is 11.9 Å². The first kappa shape index (κ1) is 25.4. The maximum absolute atomic E-state index is 13.0. The average Bonchev–Trinajstić information content (AvgIpc) is 3.19. The summed E-state index contributed by atoms with van der Waals surface area (Å²) in [5, 5.41) is 11.6. The molecular weight excluding hydrogens is 500 g/mol. The van der Waals surface area contributed by atoms with Crippen LogP contribution in [0.25, 0.3) is 5.69 Å². The molecule has 3 aromatic rings. The molecule has 1 aliphatic carbocycles. The summed E-state index contributed by atoms with van der Waals surface area (Å²) in [6.07, 6.45) is -1.30. The Morgan fingerprint density at radius 1 is 1.06 bits per heavy atom. The van der Waals surface area contributed by atoms with Gasteiger partial charge in [-0.25, -0.2) is 4.68 Å². The van der Waals surface area contributed by atoms with Crippen LogP contribution in [-0.2, 0) is 6.18 Å². The molecule has 0 spiro atoms. The first-order chi connectivity index (χ1) is 16.6. The van der Waals surface area contributed by atoms with Crippen molar-refractivity contribution in [1.29, 1.82) is 0 Å². The summed E-state index contributed by atoms with van der Waals surface area (Å²) < 4.78 is 40.9. The maximum atomic E-state index is 13.0. The second kappa shape index (κ2) is 10.5. The zero-order valence-electron chi connectivity index (χ0n) is 19.0. The average molecular weight is 525 g/mol. The molecule has 186 valence electrons. The zero-order valence-corrected chi connectivity index (χ0v) is 20.5. The van der Waals surface area contributed by atoms with Crippen LogP contribution in [0.4, 0.5) is 19.0 Å². The van der Waals surface area contributed by atoms with Gasteiger partial charge in [-0.15, -0.1) is 0 Å². The molecule has 1 fully saturated rings. The molecule has 10 heteroatoms. The summed E-state index contributed by atoms with van der Waals surface area (Å²) in [6.45, 7) is 2.68. The Morgan fingerprint density at radius 2 is 1.74 bits per heavy atom. The fourth-order valence-corrected chi connectivity index (χ4v) is 4.63. The third-order valence-electron chi connectivity index (χ3n) is 6.19. The standard InChI is InChI=1S/C25H25Cl2F3N4O/c1-15-12-23(34(33-15)20-9-5-18(26)6-10-20)31-14-16-2-7-19(8-3-16)32-24(35)21-13-17(25(28,29)30)4-11-22(21)27/h4-6,9-13,16,19,31H,2-3,7-8,14H2,1H3,(H,32,35). The van der Waals surface area contributed by atoms with E-state index >= 15 is 0 Å². The summed E-state index contributed by atoms with van der Waals surface area (Å²) in [7, 11) is 0.